The lowest BCUT2D eigenvalue weighted by molar-refractivity contribution is -0.132. The van der Waals surface area contributed by atoms with Crippen LogP contribution in [0.1, 0.15) is 41.6 Å². The Morgan fingerprint density at radius 1 is 1.30 bits per heavy atom. The molecule has 0 saturated carbocycles. The number of carbonyl (C=O) groups excluding carboxylic acids is 2. The summed E-state index contributed by atoms with van der Waals surface area (Å²) in [5, 5.41) is 9.43. The summed E-state index contributed by atoms with van der Waals surface area (Å²) in [6, 6.07) is 4.43. The summed E-state index contributed by atoms with van der Waals surface area (Å²) in [6.07, 6.45) is 2.97. The van der Waals surface area contributed by atoms with E-state index < -0.39 is 5.91 Å². The van der Waals surface area contributed by atoms with E-state index in [0.717, 1.165) is 12.8 Å². The van der Waals surface area contributed by atoms with Gasteiger partial charge < -0.3 is 15.7 Å². The molecule has 6 heteroatoms. The van der Waals surface area contributed by atoms with Gasteiger partial charge in [0.2, 0.25) is 11.8 Å². The Morgan fingerprint density at radius 3 is 2.61 bits per heavy atom. The van der Waals surface area contributed by atoms with Crippen molar-refractivity contribution < 1.29 is 19.1 Å². The summed E-state index contributed by atoms with van der Waals surface area (Å²) in [6.45, 7) is 1.04. The van der Waals surface area contributed by atoms with Crippen molar-refractivity contribution in [1.29, 1.82) is 0 Å². The van der Waals surface area contributed by atoms with Crippen LogP contribution in [0.5, 0.6) is 5.75 Å². The van der Waals surface area contributed by atoms with Crippen LogP contribution in [0.3, 0.4) is 0 Å². The zero-order valence-electron chi connectivity index (χ0n) is 13.1. The molecule has 23 heavy (non-hydrogen) atoms. The molecule has 0 bridgehead atoms. The number of likely N-dealkylation sites (tertiary alicyclic amines) is 1. The highest BCUT2D eigenvalue weighted by Gasteiger charge is 2.22. The standard InChI is InChI=1S/C17H23FN2O3/c18-8-5-12-6-9-20(10-7-12)16(22)4-2-13-1-3-14(21)11-15(13)17(19)23/h1,3,11-12,21H,2,4-10H2,(H2,19,23). The minimum Gasteiger partial charge on any atom is -0.508 e. The predicted molar refractivity (Wildman–Crippen MR) is 84.8 cm³/mol. The molecule has 0 aromatic heterocycles. The molecule has 1 aliphatic heterocycles. The van der Waals surface area contributed by atoms with Gasteiger partial charge in [0.25, 0.3) is 0 Å². The molecule has 0 unspecified atom stereocenters. The Balaban J connectivity index is 1.89. The van der Waals surface area contributed by atoms with Crippen molar-refractivity contribution >= 4 is 11.8 Å². The molecule has 0 spiro atoms. The molecule has 1 fully saturated rings. The first-order valence-electron chi connectivity index (χ1n) is 7.96. The first-order chi connectivity index (χ1) is 11.0. The van der Waals surface area contributed by atoms with Gasteiger partial charge in [0.1, 0.15) is 5.75 Å². The number of carbonyl (C=O) groups is 2. The summed E-state index contributed by atoms with van der Waals surface area (Å²) in [4.78, 5) is 25.5. The minimum absolute atomic E-state index is 0.0242. The number of phenolic OH excluding ortho intramolecular Hbond substituents is 1. The molecule has 1 saturated heterocycles. The highest BCUT2D eigenvalue weighted by atomic mass is 19.1. The number of aromatic hydroxyl groups is 1. The number of nitrogens with two attached hydrogens (primary N) is 1. The van der Waals surface area contributed by atoms with Crippen LogP contribution >= 0.6 is 0 Å². The summed E-state index contributed by atoms with van der Waals surface area (Å²) in [5.41, 5.74) is 6.21. The molecular formula is C17H23FN2O3. The predicted octanol–water partition coefficient (Wildman–Crippen LogP) is 2.02. The topological polar surface area (TPSA) is 83.6 Å². The molecule has 1 aromatic rings. The number of rotatable bonds is 6. The Morgan fingerprint density at radius 2 is 2.00 bits per heavy atom. The summed E-state index contributed by atoms with van der Waals surface area (Å²) in [5.74, 6) is -0.228. The molecule has 0 aliphatic carbocycles. The number of primary amides is 1. The number of hydrogen-bond acceptors (Lipinski definition) is 3. The van der Waals surface area contributed by atoms with Crippen molar-refractivity contribution in [3.63, 3.8) is 0 Å². The van der Waals surface area contributed by atoms with Gasteiger partial charge in [-0.3, -0.25) is 14.0 Å². The van der Waals surface area contributed by atoms with Gasteiger partial charge in [0.15, 0.2) is 0 Å². The van der Waals surface area contributed by atoms with E-state index in [-0.39, 0.29) is 23.9 Å². The number of aryl methyl sites for hydroxylation is 1. The Kier molecular flexibility index (Phi) is 5.96. The van der Waals surface area contributed by atoms with Crippen LogP contribution in [0.15, 0.2) is 18.2 Å². The fourth-order valence-corrected chi connectivity index (χ4v) is 3.04. The van der Waals surface area contributed by atoms with E-state index in [1.807, 2.05) is 0 Å². The number of piperidine rings is 1. The Bertz CT molecular complexity index is 569. The van der Waals surface area contributed by atoms with Crippen LogP contribution in [0.25, 0.3) is 0 Å². The molecule has 0 radical (unpaired) electrons. The molecule has 2 rings (SSSR count). The molecule has 5 nitrogen and oxygen atoms in total. The van der Waals surface area contributed by atoms with E-state index in [1.165, 1.54) is 12.1 Å². The SMILES string of the molecule is NC(=O)c1cc(O)ccc1CCC(=O)N1CCC(CCF)CC1. The van der Waals surface area contributed by atoms with Gasteiger partial charge >= 0.3 is 0 Å². The van der Waals surface area contributed by atoms with E-state index in [2.05, 4.69) is 0 Å². The second-order valence-electron chi connectivity index (χ2n) is 6.01. The normalized spacial score (nSPS) is 15.6. The van der Waals surface area contributed by atoms with E-state index >= 15 is 0 Å². The third-order valence-electron chi connectivity index (χ3n) is 4.45. The number of nitrogens with zero attached hydrogens (tertiary/aromatic N) is 1. The highest BCUT2D eigenvalue weighted by molar-refractivity contribution is 5.95. The number of alkyl halides is 1. The van der Waals surface area contributed by atoms with Crippen molar-refractivity contribution in [3.8, 4) is 5.75 Å². The molecule has 1 aliphatic rings. The van der Waals surface area contributed by atoms with E-state index in [0.29, 0.717) is 43.8 Å². The zero-order chi connectivity index (χ0) is 16.8. The number of amides is 2. The van der Waals surface area contributed by atoms with Crippen LogP contribution in [0.2, 0.25) is 0 Å². The Hall–Kier alpha value is -2.11. The molecule has 1 heterocycles. The largest absolute Gasteiger partial charge is 0.508 e. The van der Waals surface area contributed by atoms with Crippen LogP contribution in [0, 0.1) is 5.92 Å². The van der Waals surface area contributed by atoms with Gasteiger partial charge in [-0.15, -0.1) is 0 Å². The van der Waals surface area contributed by atoms with Crippen molar-refractivity contribution in [3.05, 3.63) is 29.3 Å². The van der Waals surface area contributed by atoms with Crippen LogP contribution in [-0.4, -0.2) is 41.6 Å². The number of benzene rings is 1. The van der Waals surface area contributed by atoms with Gasteiger partial charge in [-0.25, -0.2) is 0 Å². The number of hydrogen-bond donors (Lipinski definition) is 2. The summed E-state index contributed by atoms with van der Waals surface area (Å²) < 4.78 is 12.3. The fourth-order valence-electron chi connectivity index (χ4n) is 3.04. The van der Waals surface area contributed by atoms with Gasteiger partial charge in [-0.2, -0.15) is 0 Å². The van der Waals surface area contributed by atoms with Crippen molar-refractivity contribution in [2.45, 2.75) is 32.1 Å². The Labute approximate surface area is 135 Å². The second kappa shape index (κ2) is 7.94. The molecular weight excluding hydrogens is 299 g/mol. The number of phenols is 1. The molecule has 2 amide bonds. The lowest BCUT2D eigenvalue weighted by Crippen LogP contribution is -2.38. The summed E-state index contributed by atoms with van der Waals surface area (Å²) in [7, 11) is 0. The summed E-state index contributed by atoms with van der Waals surface area (Å²) >= 11 is 0. The second-order valence-corrected chi connectivity index (χ2v) is 6.01. The average Bonchev–Trinajstić information content (AvgIpc) is 2.54. The van der Waals surface area contributed by atoms with Gasteiger partial charge in [0, 0.05) is 25.1 Å². The maximum absolute atomic E-state index is 12.3. The lowest BCUT2D eigenvalue weighted by Gasteiger charge is -2.31. The minimum atomic E-state index is -0.615. The molecule has 126 valence electrons. The zero-order valence-corrected chi connectivity index (χ0v) is 13.1. The quantitative estimate of drug-likeness (QED) is 0.840. The van der Waals surface area contributed by atoms with Crippen molar-refractivity contribution in [2.24, 2.45) is 11.7 Å². The van der Waals surface area contributed by atoms with Gasteiger partial charge in [0.05, 0.1) is 6.67 Å². The van der Waals surface area contributed by atoms with Gasteiger partial charge in [-0.1, -0.05) is 6.07 Å². The third-order valence-corrected chi connectivity index (χ3v) is 4.45. The maximum Gasteiger partial charge on any atom is 0.249 e. The number of halogens is 1. The van der Waals surface area contributed by atoms with Gasteiger partial charge in [-0.05, 0) is 49.3 Å². The maximum atomic E-state index is 12.3. The average molecular weight is 322 g/mol. The van der Waals surface area contributed by atoms with E-state index in [1.54, 1.807) is 11.0 Å². The lowest BCUT2D eigenvalue weighted by atomic mass is 9.93. The van der Waals surface area contributed by atoms with E-state index in [9.17, 15) is 19.1 Å². The van der Waals surface area contributed by atoms with Crippen LogP contribution in [0.4, 0.5) is 4.39 Å². The van der Waals surface area contributed by atoms with E-state index in [4.69, 9.17) is 5.73 Å². The first-order valence-corrected chi connectivity index (χ1v) is 7.96. The fraction of sp³-hybridized carbons (Fsp3) is 0.529. The third kappa shape index (κ3) is 4.68. The monoisotopic (exact) mass is 322 g/mol. The molecule has 1 aromatic carbocycles. The van der Waals surface area contributed by atoms with Crippen molar-refractivity contribution in [2.75, 3.05) is 19.8 Å². The molecule has 3 N–H and O–H groups in total. The smallest absolute Gasteiger partial charge is 0.249 e. The highest BCUT2D eigenvalue weighted by Crippen LogP contribution is 2.22. The van der Waals surface area contributed by atoms with Crippen molar-refractivity contribution in [1.82, 2.24) is 4.90 Å². The van der Waals surface area contributed by atoms with Crippen LogP contribution < -0.4 is 5.73 Å². The van der Waals surface area contributed by atoms with Crippen LogP contribution in [-0.2, 0) is 11.2 Å². The molecule has 0 atom stereocenters. The first kappa shape index (κ1) is 17.2.